The zero-order valence-electron chi connectivity index (χ0n) is 12.5. The summed E-state index contributed by atoms with van der Waals surface area (Å²) >= 11 is 0. The predicted octanol–water partition coefficient (Wildman–Crippen LogP) is 0.260. The predicted molar refractivity (Wildman–Crippen MR) is 76.6 cm³/mol. The van der Waals surface area contributed by atoms with Crippen LogP contribution in [0.15, 0.2) is 0 Å². The van der Waals surface area contributed by atoms with E-state index in [9.17, 15) is 18.0 Å². The number of rotatable bonds is 6. The van der Waals surface area contributed by atoms with Crippen molar-refractivity contribution in [3.8, 4) is 0 Å². The summed E-state index contributed by atoms with van der Waals surface area (Å²) in [6.07, 6.45) is 3.47. The Balaban J connectivity index is 2.56. The SMILES string of the molecule is COC(=O)[C@@H](NC(=O)NS(=O)(=O)NC1CCCC1)C(C)C. The van der Waals surface area contributed by atoms with Gasteiger partial charge in [-0.15, -0.1) is 0 Å². The number of methoxy groups -OCH3 is 1. The summed E-state index contributed by atoms with van der Waals surface area (Å²) in [7, 11) is -2.73. The molecule has 1 atom stereocenters. The van der Waals surface area contributed by atoms with Gasteiger partial charge in [0.1, 0.15) is 6.04 Å². The lowest BCUT2D eigenvalue weighted by molar-refractivity contribution is -0.143. The second kappa shape index (κ2) is 7.60. The van der Waals surface area contributed by atoms with Crippen molar-refractivity contribution < 1.29 is 22.7 Å². The minimum atomic E-state index is -3.93. The molecule has 0 aliphatic heterocycles. The van der Waals surface area contributed by atoms with Gasteiger partial charge < -0.3 is 10.1 Å². The average molecular weight is 321 g/mol. The second-order valence-corrected chi connectivity index (χ2v) is 6.87. The molecule has 9 heteroatoms. The van der Waals surface area contributed by atoms with E-state index in [4.69, 9.17) is 0 Å². The third-order valence-electron chi connectivity index (χ3n) is 3.31. The molecule has 2 amide bonds. The molecule has 0 aromatic heterocycles. The zero-order valence-corrected chi connectivity index (χ0v) is 13.3. The lowest BCUT2D eigenvalue weighted by atomic mass is 10.1. The molecule has 8 nitrogen and oxygen atoms in total. The molecular formula is C12H23N3O5S. The first-order chi connectivity index (χ1) is 9.75. The highest BCUT2D eigenvalue weighted by Crippen LogP contribution is 2.18. The number of urea groups is 1. The van der Waals surface area contributed by atoms with Crippen LogP contribution in [-0.4, -0.2) is 39.6 Å². The Morgan fingerprint density at radius 3 is 2.24 bits per heavy atom. The monoisotopic (exact) mass is 321 g/mol. The lowest BCUT2D eigenvalue weighted by Gasteiger charge is -2.20. The Bertz CT molecular complexity index is 471. The number of hydrogen-bond donors (Lipinski definition) is 3. The maximum Gasteiger partial charge on any atom is 0.330 e. The number of ether oxygens (including phenoxy) is 1. The molecule has 1 saturated carbocycles. The minimum absolute atomic E-state index is 0.142. The van der Waals surface area contributed by atoms with Crippen LogP contribution in [0.5, 0.6) is 0 Å². The highest BCUT2D eigenvalue weighted by Gasteiger charge is 2.27. The van der Waals surface area contributed by atoms with Crippen LogP contribution in [0.25, 0.3) is 0 Å². The first-order valence-electron chi connectivity index (χ1n) is 6.93. The molecule has 1 rings (SSSR count). The van der Waals surface area contributed by atoms with Gasteiger partial charge in [-0.05, 0) is 18.8 Å². The number of hydrogen-bond acceptors (Lipinski definition) is 5. The van der Waals surface area contributed by atoms with Crippen molar-refractivity contribution in [1.82, 2.24) is 14.8 Å². The minimum Gasteiger partial charge on any atom is -0.467 e. The number of nitrogens with one attached hydrogen (secondary N) is 3. The smallest absolute Gasteiger partial charge is 0.330 e. The van der Waals surface area contributed by atoms with E-state index in [1.165, 1.54) is 7.11 Å². The first-order valence-corrected chi connectivity index (χ1v) is 8.42. The molecule has 21 heavy (non-hydrogen) atoms. The largest absolute Gasteiger partial charge is 0.467 e. The Morgan fingerprint density at radius 1 is 1.19 bits per heavy atom. The van der Waals surface area contributed by atoms with E-state index in [1.54, 1.807) is 13.8 Å². The van der Waals surface area contributed by atoms with Gasteiger partial charge in [0.25, 0.3) is 0 Å². The molecule has 0 radical (unpaired) electrons. The van der Waals surface area contributed by atoms with Crippen LogP contribution in [0, 0.1) is 5.92 Å². The van der Waals surface area contributed by atoms with Crippen molar-refractivity contribution in [3.63, 3.8) is 0 Å². The molecule has 0 bridgehead atoms. The Kier molecular flexibility index (Phi) is 6.41. The molecule has 1 aliphatic rings. The van der Waals surface area contributed by atoms with E-state index in [1.807, 2.05) is 4.72 Å². The average Bonchev–Trinajstić information content (AvgIpc) is 2.85. The zero-order chi connectivity index (χ0) is 16.0. The van der Waals surface area contributed by atoms with Crippen LogP contribution in [0.3, 0.4) is 0 Å². The quantitative estimate of drug-likeness (QED) is 0.607. The van der Waals surface area contributed by atoms with Gasteiger partial charge in [-0.1, -0.05) is 26.7 Å². The van der Waals surface area contributed by atoms with Crippen LogP contribution in [0.4, 0.5) is 4.79 Å². The molecule has 0 aromatic carbocycles. The molecule has 1 fully saturated rings. The van der Waals surface area contributed by atoms with Crippen LogP contribution >= 0.6 is 0 Å². The molecule has 0 spiro atoms. The summed E-state index contributed by atoms with van der Waals surface area (Å²) in [5.41, 5.74) is 0. The van der Waals surface area contributed by atoms with E-state index >= 15 is 0 Å². The summed E-state index contributed by atoms with van der Waals surface area (Å²) in [5, 5.41) is 2.30. The van der Waals surface area contributed by atoms with Gasteiger partial charge in [0, 0.05) is 6.04 Å². The van der Waals surface area contributed by atoms with E-state index in [0.29, 0.717) is 0 Å². The maximum atomic E-state index is 11.8. The molecule has 0 saturated heterocycles. The van der Waals surface area contributed by atoms with Gasteiger partial charge in [0.2, 0.25) is 0 Å². The standard InChI is InChI=1S/C12H23N3O5S/c1-8(2)10(11(16)20-3)13-12(17)15-21(18,19)14-9-6-4-5-7-9/h8-10,14H,4-7H2,1-3H3,(H2,13,15,17)/t10-/m0/s1. The molecular weight excluding hydrogens is 298 g/mol. The summed E-state index contributed by atoms with van der Waals surface area (Å²) in [4.78, 5) is 23.2. The van der Waals surface area contributed by atoms with Crippen molar-refractivity contribution in [2.24, 2.45) is 5.92 Å². The topological polar surface area (TPSA) is 114 Å². The number of carbonyl (C=O) groups is 2. The number of carbonyl (C=O) groups excluding carboxylic acids is 2. The van der Waals surface area contributed by atoms with Crippen molar-refractivity contribution in [1.29, 1.82) is 0 Å². The highest BCUT2D eigenvalue weighted by molar-refractivity contribution is 7.88. The molecule has 122 valence electrons. The fourth-order valence-electron chi connectivity index (χ4n) is 2.21. The summed E-state index contributed by atoms with van der Waals surface area (Å²) < 4.78 is 32.4. The van der Waals surface area contributed by atoms with Crippen molar-refractivity contribution in [2.45, 2.75) is 51.6 Å². The van der Waals surface area contributed by atoms with Crippen LogP contribution in [0.2, 0.25) is 0 Å². The third kappa shape index (κ3) is 5.88. The molecule has 1 aliphatic carbocycles. The maximum absolute atomic E-state index is 11.8. The fourth-order valence-corrected chi connectivity index (χ4v) is 3.25. The normalized spacial score (nSPS) is 17.5. The van der Waals surface area contributed by atoms with Crippen LogP contribution < -0.4 is 14.8 Å². The number of amides is 2. The second-order valence-electron chi connectivity index (χ2n) is 5.42. The summed E-state index contributed by atoms with van der Waals surface area (Å²) in [6.45, 7) is 3.43. The highest BCUT2D eigenvalue weighted by atomic mass is 32.2. The first kappa shape index (κ1) is 17.7. The molecule has 0 unspecified atom stereocenters. The number of esters is 1. The van der Waals surface area contributed by atoms with Gasteiger partial charge in [-0.25, -0.2) is 14.3 Å². The van der Waals surface area contributed by atoms with E-state index in [-0.39, 0.29) is 12.0 Å². The van der Waals surface area contributed by atoms with E-state index < -0.39 is 28.3 Å². The molecule has 3 N–H and O–H groups in total. The van der Waals surface area contributed by atoms with Gasteiger partial charge in [0.05, 0.1) is 7.11 Å². The third-order valence-corrected chi connectivity index (χ3v) is 4.41. The van der Waals surface area contributed by atoms with Gasteiger partial charge in [-0.3, -0.25) is 0 Å². The van der Waals surface area contributed by atoms with Crippen LogP contribution in [-0.2, 0) is 19.7 Å². The van der Waals surface area contributed by atoms with Gasteiger partial charge in [-0.2, -0.15) is 13.1 Å². The van der Waals surface area contributed by atoms with E-state index in [2.05, 4.69) is 14.8 Å². The van der Waals surface area contributed by atoms with Crippen LogP contribution in [0.1, 0.15) is 39.5 Å². The Labute approximate surface area is 125 Å². The lowest BCUT2D eigenvalue weighted by Crippen LogP contribution is -2.53. The Morgan fingerprint density at radius 2 is 1.76 bits per heavy atom. The molecule has 0 heterocycles. The van der Waals surface area contributed by atoms with Gasteiger partial charge in [0.15, 0.2) is 0 Å². The summed E-state index contributed by atoms with van der Waals surface area (Å²) in [6, 6.07) is -2.00. The van der Waals surface area contributed by atoms with E-state index in [0.717, 1.165) is 25.7 Å². The molecule has 0 aromatic rings. The van der Waals surface area contributed by atoms with Crippen molar-refractivity contribution >= 4 is 22.2 Å². The van der Waals surface area contributed by atoms with Crippen molar-refractivity contribution in [2.75, 3.05) is 7.11 Å². The Hall–Kier alpha value is -1.35. The van der Waals surface area contributed by atoms with Gasteiger partial charge >= 0.3 is 22.2 Å². The van der Waals surface area contributed by atoms with Crippen molar-refractivity contribution in [3.05, 3.63) is 0 Å². The fraction of sp³-hybridized carbons (Fsp3) is 0.833. The summed E-state index contributed by atoms with van der Waals surface area (Å²) in [5.74, 6) is -0.852.